The summed E-state index contributed by atoms with van der Waals surface area (Å²) >= 11 is 0. The van der Waals surface area contributed by atoms with Crippen molar-refractivity contribution in [3.8, 4) is 11.4 Å². The SMILES string of the molecule is C[C@@H](N1CCn2nc(-c3ccccc3)nc2C1)[C@](O)(CN=CN=CN)c1ccc(F)cc1F. The number of benzene rings is 2. The van der Waals surface area contributed by atoms with E-state index < -0.39 is 23.3 Å². The lowest BCUT2D eigenvalue weighted by Gasteiger charge is -2.41. The summed E-state index contributed by atoms with van der Waals surface area (Å²) in [6.07, 6.45) is 2.25. The van der Waals surface area contributed by atoms with Crippen molar-refractivity contribution in [1.82, 2.24) is 19.7 Å². The third-order valence-electron chi connectivity index (χ3n) is 5.93. The van der Waals surface area contributed by atoms with Gasteiger partial charge in [0.1, 0.15) is 29.4 Å². The Labute approximate surface area is 190 Å². The molecule has 1 aliphatic rings. The Bertz CT molecular complexity index is 1160. The van der Waals surface area contributed by atoms with Crippen LogP contribution in [-0.4, -0.2) is 56.6 Å². The Morgan fingerprint density at radius 3 is 2.73 bits per heavy atom. The average molecular weight is 453 g/mol. The minimum absolute atomic E-state index is 0.0395. The van der Waals surface area contributed by atoms with Gasteiger partial charge in [-0.1, -0.05) is 36.4 Å². The fourth-order valence-corrected chi connectivity index (χ4v) is 4.04. The highest BCUT2D eigenvalue weighted by Crippen LogP contribution is 2.33. The molecule has 2 aromatic carbocycles. The van der Waals surface area contributed by atoms with E-state index in [2.05, 4.69) is 20.1 Å². The largest absolute Gasteiger partial charge is 0.390 e. The van der Waals surface area contributed by atoms with Crippen LogP contribution in [0.2, 0.25) is 0 Å². The fourth-order valence-electron chi connectivity index (χ4n) is 4.04. The predicted octanol–water partition coefficient (Wildman–Crippen LogP) is 2.33. The van der Waals surface area contributed by atoms with E-state index in [0.717, 1.165) is 29.9 Å². The number of nitrogens with two attached hydrogens (primary N) is 1. The van der Waals surface area contributed by atoms with E-state index in [4.69, 9.17) is 5.73 Å². The first-order valence-corrected chi connectivity index (χ1v) is 10.5. The Kier molecular flexibility index (Phi) is 6.57. The van der Waals surface area contributed by atoms with Crippen molar-refractivity contribution in [2.75, 3.05) is 13.1 Å². The topological polar surface area (TPSA) is 105 Å². The maximum absolute atomic E-state index is 14.7. The second kappa shape index (κ2) is 9.55. The molecule has 0 unspecified atom stereocenters. The number of hydrogen-bond acceptors (Lipinski definition) is 5. The molecular formula is C23H25F2N7O. The van der Waals surface area contributed by atoms with Gasteiger partial charge in [-0.15, -0.1) is 0 Å². The van der Waals surface area contributed by atoms with Crippen LogP contribution in [0.4, 0.5) is 8.78 Å². The maximum Gasteiger partial charge on any atom is 0.181 e. The van der Waals surface area contributed by atoms with E-state index >= 15 is 0 Å². The van der Waals surface area contributed by atoms with Crippen LogP contribution >= 0.6 is 0 Å². The second-order valence-corrected chi connectivity index (χ2v) is 7.89. The minimum Gasteiger partial charge on any atom is -0.390 e. The molecule has 33 heavy (non-hydrogen) atoms. The van der Waals surface area contributed by atoms with Crippen molar-refractivity contribution < 1.29 is 13.9 Å². The first-order valence-electron chi connectivity index (χ1n) is 10.5. The lowest BCUT2D eigenvalue weighted by Crippen LogP contribution is -2.53. The van der Waals surface area contributed by atoms with Gasteiger partial charge in [0, 0.05) is 29.8 Å². The Morgan fingerprint density at radius 2 is 2.00 bits per heavy atom. The zero-order chi connectivity index (χ0) is 23.4. The first kappa shape index (κ1) is 22.7. The van der Waals surface area contributed by atoms with Gasteiger partial charge in [-0.2, -0.15) is 5.10 Å². The summed E-state index contributed by atoms with van der Waals surface area (Å²) in [4.78, 5) is 14.5. The summed E-state index contributed by atoms with van der Waals surface area (Å²) in [6.45, 7) is 3.11. The summed E-state index contributed by atoms with van der Waals surface area (Å²) in [5, 5.41) is 16.3. The first-order chi connectivity index (χ1) is 15.9. The number of halogens is 2. The molecular weight excluding hydrogens is 428 g/mol. The minimum atomic E-state index is -1.75. The zero-order valence-electron chi connectivity index (χ0n) is 18.1. The summed E-state index contributed by atoms with van der Waals surface area (Å²) in [7, 11) is 0. The van der Waals surface area contributed by atoms with Gasteiger partial charge in [0.25, 0.3) is 0 Å². The zero-order valence-corrected chi connectivity index (χ0v) is 18.1. The van der Waals surface area contributed by atoms with Gasteiger partial charge in [-0.25, -0.2) is 23.4 Å². The summed E-state index contributed by atoms with van der Waals surface area (Å²) in [5.74, 6) is -0.190. The molecule has 0 aliphatic carbocycles. The van der Waals surface area contributed by atoms with Crippen molar-refractivity contribution in [3.05, 3.63) is 71.6 Å². The molecule has 2 heterocycles. The standard InChI is InChI=1S/C23H25F2N7O/c1-16(23(33,13-27-15-28-14-26)19-8-7-18(24)11-20(19)25)31-9-10-32-21(12-31)29-22(30-32)17-5-3-2-4-6-17/h2-8,11,14-16,33H,9-10,12-13H2,1H3,(H2,26,27,28)/t16-,23-/m1/s1. The molecule has 10 heteroatoms. The number of rotatable bonds is 7. The normalized spacial score (nSPS) is 17.3. The number of fused-ring (bicyclic) bond motifs is 1. The Morgan fingerprint density at radius 1 is 1.21 bits per heavy atom. The number of aromatic nitrogens is 3. The van der Waals surface area contributed by atoms with Gasteiger partial charge in [0.05, 0.1) is 26.0 Å². The highest BCUT2D eigenvalue weighted by molar-refractivity contribution is 5.69. The van der Waals surface area contributed by atoms with Crippen LogP contribution < -0.4 is 5.73 Å². The molecule has 0 spiro atoms. The molecule has 0 saturated carbocycles. The molecule has 1 aliphatic heterocycles. The molecule has 0 radical (unpaired) electrons. The Balaban J connectivity index is 1.63. The molecule has 4 rings (SSSR count). The highest BCUT2D eigenvalue weighted by Gasteiger charge is 2.42. The lowest BCUT2D eigenvalue weighted by molar-refractivity contribution is -0.0500. The fraction of sp³-hybridized carbons (Fsp3) is 0.304. The third kappa shape index (κ3) is 4.67. The van der Waals surface area contributed by atoms with Gasteiger partial charge in [-0.3, -0.25) is 9.89 Å². The van der Waals surface area contributed by atoms with E-state index in [1.807, 2.05) is 39.9 Å². The predicted molar refractivity (Wildman–Crippen MR) is 122 cm³/mol. The number of nitrogens with zero attached hydrogens (tertiary/aromatic N) is 6. The lowest BCUT2D eigenvalue weighted by atomic mass is 9.85. The molecule has 2 atom stereocenters. The van der Waals surface area contributed by atoms with Crippen LogP contribution in [0.1, 0.15) is 18.3 Å². The van der Waals surface area contributed by atoms with Crippen molar-refractivity contribution in [1.29, 1.82) is 0 Å². The van der Waals surface area contributed by atoms with Crippen LogP contribution in [0.3, 0.4) is 0 Å². The molecule has 172 valence electrons. The van der Waals surface area contributed by atoms with E-state index in [-0.39, 0.29) is 12.1 Å². The quantitative estimate of drug-likeness (QED) is 0.422. The molecule has 1 aromatic heterocycles. The summed E-state index contributed by atoms with van der Waals surface area (Å²) < 4.78 is 30.1. The smallest absolute Gasteiger partial charge is 0.181 e. The summed E-state index contributed by atoms with van der Waals surface area (Å²) in [6, 6.07) is 12.2. The molecule has 3 N–H and O–H groups in total. The number of aliphatic hydroxyl groups is 1. The van der Waals surface area contributed by atoms with E-state index in [9.17, 15) is 13.9 Å². The highest BCUT2D eigenvalue weighted by atomic mass is 19.1. The van der Waals surface area contributed by atoms with Gasteiger partial charge in [0.2, 0.25) is 0 Å². The van der Waals surface area contributed by atoms with Gasteiger partial charge in [-0.05, 0) is 13.0 Å². The molecule has 3 aromatic rings. The Hall–Kier alpha value is -3.50. The van der Waals surface area contributed by atoms with Crippen LogP contribution in [0.25, 0.3) is 11.4 Å². The van der Waals surface area contributed by atoms with Crippen LogP contribution in [0.15, 0.2) is 58.5 Å². The number of aliphatic imine (C=N–C) groups is 2. The van der Waals surface area contributed by atoms with Crippen LogP contribution in [0, 0.1) is 11.6 Å². The second-order valence-electron chi connectivity index (χ2n) is 7.89. The maximum atomic E-state index is 14.7. The summed E-state index contributed by atoms with van der Waals surface area (Å²) in [5.41, 5.74) is 4.35. The van der Waals surface area contributed by atoms with E-state index in [1.54, 1.807) is 6.92 Å². The van der Waals surface area contributed by atoms with Crippen LogP contribution in [-0.2, 0) is 18.7 Å². The molecule has 8 nitrogen and oxygen atoms in total. The van der Waals surface area contributed by atoms with Gasteiger partial charge in [0.15, 0.2) is 5.82 Å². The molecule has 0 amide bonds. The van der Waals surface area contributed by atoms with Crippen molar-refractivity contribution >= 4 is 12.7 Å². The average Bonchev–Trinajstić information content (AvgIpc) is 3.25. The monoisotopic (exact) mass is 453 g/mol. The van der Waals surface area contributed by atoms with Crippen molar-refractivity contribution in [3.63, 3.8) is 0 Å². The van der Waals surface area contributed by atoms with E-state index in [1.165, 1.54) is 12.4 Å². The molecule has 0 bridgehead atoms. The molecule has 0 saturated heterocycles. The van der Waals surface area contributed by atoms with E-state index in [0.29, 0.717) is 25.5 Å². The molecule has 0 fully saturated rings. The van der Waals surface area contributed by atoms with Crippen molar-refractivity contribution in [2.45, 2.75) is 31.7 Å². The van der Waals surface area contributed by atoms with Crippen molar-refractivity contribution in [2.24, 2.45) is 15.7 Å². The van der Waals surface area contributed by atoms with Crippen LogP contribution in [0.5, 0.6) is 0 Å². The van der Waals surface area contributed by atoms with Gasteiger partial charge >= 0.3 is 0 Å². The number of hydrogen-bond donors (Lipinski definition) is 2. The third-order valence-corrected chi connectivity index (χ3v) is 5.93. The van der Waals surface area contributed by atoms with Gasteiger partial charge < -0.3 is 10.8 Å².